The van der Waals surface area contributed by atoms with E-state index in [-0.39, 0.29) is 0 Å². The molecule has 0 radical (unpaired) electrons. The number of anilines is 2. The second-order valence-corrected chi connectivity index (χ2v) is 7.28. The smallest absolute Gasteiger partial charge is 0.162 e. The number of nitrogens with one attached hydrogen (secondary N) is 1. The molecule has 4 heteroatoms. The molecule has 3 aromatic carbocycles. The lowest BCUT2D eigenvalue weighted by atomic mass is 10.1. The molecule has 1 N–H and O–H groups in total. The molecule has 4 rings (SSSR count). The summed E-state index contributed by atoms with van der Waals surface area (Å²) in [6.07, 6.45) is 0. The Morgan fingerprint density at radius 1 is 0.846 bits per heavy atom. The van der Waals surface area contributed by atoms with Crippen LogP contribution in [0.4, 0.5) is 11.5 Å². The largest absolute Gasteiger partial charge is 0.339 e. The van der Waals surface area contributed by atoms with E-state index in [1.807, 2.05) is 30.3 Å². The summed E-state index contributed by atoms with van der Waals surface area (Å²) in [6, 6.07) is 22.6. The molecule has 3 nitrogen and oxygen atoms in total. The van der Waals surface area contributed by atoms with Crippen LogP contribution in [-0.4, -0.2) is 9.97 Å². The molecule has 4 aromatic rings. The molecule has 0 bridgehead atoms. The van der Waals surface area contributed by atoms with Crippen LogP contribution in [0.3, 0.4) is 0 Å². The first kappa shape index (κ1) is 16.7. The minimum atomic E-state index is 0.723. The molecular weight excluding hydrogens is 386 g/mol. The van der Waals surface area contributed by atoms with Crippen LogP contribution in [0, 0.1) is 13.8 Å². The average Bonchev–Trinajstić information content (AvgIpc) is 2.64. The summed E-state index contributed by atoms with van der Waals surface area (Å²) in [6.45, 7) is 4.16. The number of fused-ring (bicyclic) bond motifs is 1. The van der Waals surface area contributed by atoms with Gasteiger partial charge in [0.2, 0.25) is 0 Å². The lowest BCUT2D eigenvalue weighted by molar-refractivity contribution is 1.22. The summed E-state index contributed by atoms with van der Waals surface area (Å²) in [5.74, 6) is 1.54. The molecule has 0 aliphatic carbocycles. The van der Waals surface area contributed by atoms with Crippen LogP contribution in [0.25, 0.3) is 22.3 Å². The van der Waals surface area contributed by atoms with E-state index in [1.165, 1.54) is 5.56 Å². The Morgan fingerprint density at radius 2 is 1.62 bits per heavy atom. The number of rotatable bonds is 3. The van der Waals surface area contributed by atoms with Crippen LogP contribution >= 0.6 is 15.9 Å². The first-order valence-electron chi connectivity index (χ1n) is 8.47. The molecule has 1 aromatic heterocycles. The van der Waals surface area contributed by atoms with Gasteiger partial charge in [-0.05, 0) is 49.7 Å². The monoisotopic (exact) mass is 403 g/mol. The number of nitrogens with zero attached hydrogens (tertiary/aromatic N) is 2. The molecule has 0 atom stereocenters. The fourth-order valence-corrected chi connectivity index (χ4v) is 3.37. The van der Waals surface area contributed by atoms with Gasteiger partial charge in [-0.15, -0.1) is 0 Å². The van der Waals surface area contributed by atoms with Gasteiger partial charge in [0.25, 0.3) is 0 Å². The lowest BCUT2D eigenvalue weighted by Gasteiger charge is -2.13. The van der Waals surface area contributed by atoms with Crippen molar-refractivity contribution < 1.29 is 0 Å². The van der Waals surface area contributed by atoms with Crippen molar-refractivity contribution in [3.63, 3.8) is 0 Å². The van der Waals surface area contributed by atoms with Gasteiger partial charge in [-0.2, -0.15) is 0 Å². The minimum absolute atomic E-state index is 0.723. The highest BCUT2D eigenvalue weighted by Crippen LogP contribution is 2.29. The van der Waals surface area contributed by atoms with Gasteiger partial charge in [0.15, 0.2) is 5.82 Å². The van der Waals surface area contributed by atoms with E-state index in [0.717, 1.165) is 43.8 Å². The zero-order valence-electron chi connectivity index (χ0n) is 14.6. The van der Waals surface area contributed by atoms with Gasteiger partial charge in [0.05, 0.1) is 5.52 Å². The van der Waals surface area contributed by atoms with Gasteiger partial charge < -0.3 is 5.32 Å². The van der Waals surface area contributed by atoms with Crippen molar-refractivity contribution in [3.8, 4) is 11.4 Å². The number of halogens is 1. The lowest BCUT2D eigenvalue weighted by Crippen LogP contribution is -2.00. The molecule has 0 saturated heterocycles. The van der Waals surface area contributed by atoms with Crippen LogP contribution in [0.5, 0.6) is 0 Å². The Hall–Kier alpha value is -2.72. The predicted octanol–water partition coefficient (Wildman–Crippen LogP) is 6.42. The molecule has 0 aliphatic rings. The van der Waals surface area contributed by atoms with Crippen LogP contribution < -0.4 is 5.32 Å². The maximum Gasteiger partial charge on any atom is 0.162 e. The van der Waals surface area contributed by atoms with Gasteiger partial charge in [0.1, 0.15) is 5.82 Å². The highest BCUT2D eigenvalue weighted by molar-refractivity contribution is 9.10. The second kappa shape index (κ2) is 6.89. The minimum Gasteiger partial charge on any atom is -0.339 e. The maximum absolute atomic E-state index is 4.83. The van der Waals surface area contributed by atoms with Crippen LogP contribution in [-0.2, 0) is 0 Å². The Bertz CT molecular complexity index is 1090. The van der Waals surface area contributed by atoms with Crippen LogP contribution in [0.2, 0.25) is 0 Å². The number of aryl methyl sites for hydroxylation is 2. The summed E-state index contributed by atoms with van der Waals surface area (Å²) in [5, 5.41) is 4.50. The molecule has 128 valence electrons. The van der Waals surface area contributed by atoms with Crippen molar-refractivity contribution in [2.75, 3.05) is 5.32 Å². The van der Waals surface area contributed by atoms with E-state index in [9.17, 15) is 0 Å². The fraction of sp³-hybridized carbons (Fsp3) is 0.0909. The third-order valence-electron chi connectivity index (χ3n) is 4.35. The molecule has 1 heterocycles. The third-order valence-corrected chi connectivity index (χ3v) is 4.85. The summed E-state index contributed by atoms with van der Waals surface area (Å²) in [7, 11) is 0. The molecule has 0 amide bonds. The van der Waals surface area contributed by atoms with Gasteiger partial charge >= 0.3 is 0 Å². The number of hydrogen-bond acceptors (Lipinski definition) is 3. The van der Waals surface area contributed by atoms with Crippen molar-refractivity contribution in [1.82, 2.24) is 9.97 Å². The zero-order chi connectivity index (χ0) is 18.1. The van der Waals surface area contributed by atoms with Crippen molar-refractivity contribution in [2.45, 2.75) is 13.8 Å². The SMILES string of the molecule is Cc1ccc(-c2nc(Nc3ccc(Br)cc3C)c3ccccc3n2)cc1. The highest BCUT2D eigenvalue weighted by Gasteiger charge is 2.10. The first-order valence-corrected chi connectivity index (χ1v) is 9.26. The number of para-hydroxylation sites is 1. The number of aromatic nitrogens is 2. The van der Waals surface area contributed by atoms with Crippen LogP contribution in [0.15, 0.2) is 71.2 Å². The number of hydrogen-bond donors (Lipinski definition) is 1. The van der Waals surface area contributed by atoms with Gasteiger partial charge in [0, 0.05) is 21.1 Å². The topological polar surface area (TPSA) is 37.8 Å². The standard InChI is InChI=1S/C22H18BrN3/c1-14-7-9-16(10-8-14)21-25-20-6-4-3-5-18(20)22(26-21)24-19-12-11-17(23)13-15(19)2/h3-13H,1-2H3,(H,24,25,26). The van der Waals surface area contributed by atoms with Crippen molar-refractivity contribution in [2.24, 2.45) is 0 Å². The fourth-order valence-electron chi connectivity index (χ4n) is 2.90. The van der Waals surface area contributed by atoms with E-state index < -0.39 is 0 Å². The number of benzene rings is 3. The Morgan fingerprint density at radius 3 is 2.38 bits per heavy atom. The van der Waals surface area contributed by atoms with E-state index >= 15 is 0 Å². The highest BCUT2D eigenvalue weighted by atomic mass is 79.9. The maximum atomic E-state index is 4.83. The Balaban J connectivity index is 1.85. The molecule has 0 spiro atoms. The summed E-state index contributed by atoms with van der Waals surface area (Å²) >= 11 is 3.52. The third kappa shape index (κ3) is 3.33. The van der Waals surface area contributed by atoms with E-state index in [2.05, 4.69) is 71.5 Å². The van der Waals surface area contributed by atoms with Crippen molar-refractivity contribution in [1.29, 1.82) is 0 Å². The predicted molar refractivity (Wildman–Crippen MR) is 112 cm³/mol. The van der Waals surface area contributed by atoms with Crippen LogP contribution in [0.1, 0.15) is 11.1 Å². The zero-order valence-corrected chi connectivity index (χ0v) is 16.2. The molecule has 0 fully saturated rings. The molecule has 0 aliphatic heterocycles. The molecule has 26 heavy (non-hydrogen) atoms. The molecular formula is C22H18BrN3. The summed E-state index contributed by atoms with van der Waals surface area (Å²) in [5.41, 5.74) is 5.34. The summed E-state index contributed by atoms with van der Waals surface area (Å²) < 4.78 is 1.06. The quantitative estimate of drug-likeness (QED) is 0.428. The van der Waals surface area contributed by atoms with Gasteiger partial charge in [-0.1, -0.05) is 57.9 Å². The molecule has 0 saturated carbocycles. The Labute approximate surface area is 161 Å². The first-order chi connectivity index (χ1) is 12.6. The Kier molecular flexibility index (Phi) is 4.43. The molecule has 0 unspecified atom stereocenters. The second-order valence-electron chi connectivity index (χ2n) is 6.36. The normalized spacial score (nSPS) is 10.9. The van der Waals surface area contributed by atoms with Gasteiger partial charge in [-0.3, -0.25) is 0 Å². The summed E-state index contributed by atoms with van der Waals surface area (Å²) in [4.78, 5) is 9.58. The van der Waals surface area contributed by atoms with E-state index in [4.69, 9.17) is 9.97 Å². The van der Waals surface area contributed by atoms with Crippen molar-refractivity contribution in [3.05, 3.63) is 82.3 Å². The van der Waals surface area contributed by atoms with E-state index in [1.54, 1.807) is 0 Å². The van der Waals surface area contributed by atoms with Gasteiger partial charge in [-0.25, -0.2) is 9.97 Å². The van der Waals surface area contributed by atoms with Crippen molar-refractivity contribution >= 4 is 38.3 Å². The van der Waals surface area contributed by atoms with E-state index in [0.29, 0.717) is 0 Å². The average molecular weight is 404 g/mol.